The third-order valence-corrected chi connectivity index (χ3v) is 6.96. The lowest BCUT2D eigenvalue weighted by molar-refractivity contribution is -0.170. The van der Waals surface area contributed by atoms with Crippen molar-refractivity contribution < 1.29 is 24.9 Å². The number of primary amides is 1. The minimum absolute atomic E-state index is 0.226. The van der Waals surface area contributed by atoms with E-state index in [0.717, 1.165) is 21.3 Å². The fourth-order valence-electron chi connectivity index (χ4n) is 3.34. The summed E-state index contributed by atoms with van der Waals surface area (Å²) in [5, 5.41) is 29.1. The number of carbonyl (C=O) groups excluding carboxylic acids is 1. The van der Waals surface area contributed by atoms with E-state index in [-0.39, 0.29) is 24.1 Å². The smallest absolute Gasteiger partial charge is 0.246 e. The van der Waals surface area contributed by atoms with Gasteiger partial charge in [-0.3, -0.25) is 9.69 Å². The summed E-state index contributed by atoms with van der Waals surface area (Å²) in [6, 6.07) is 14.1. The van der Waals surface area contributed by atoms with Gasteiger partial charge in [-0.15, -0.1) is 23.5 Å². The summed E-state index contributed by atoms with van der Waals surface area (Å²) in [6.45, 7) is 1.40. The van der Waals surface area contributed by atoms with Crippen LogP contribution in [0.1, 0.15) is 12.8 Å². The van der Waals surface area contributed by atoms with Crippen molar-refractivity contribution in [3.63, 3.8) is 0 Å². The number of aliphatic hydroxyl groups is 1. The number of phenols is 2. The van der Waals surface area contributed by atoms with E-state index in [9.17, 15) is 20.1 Å². The summed E-state index contributed by atoms with van der Waals surface area (Å²) in [5.41, 5.74) is 5.43. The molecule has 3 unspecified atom stereocenters. The minimum atomic E-state index is -0.786. The molecule has 1 heterocycles. The van der Waals surface area contributed by atoms with Gasteiger partial charge in [-0.2, -0.15) is 0 Å². The Bertz CT molecular complexity index is 783. The molecule has 0 bridgehead atoms. The van der Waals surface area contributed by atoms with Crippen LogP contribution < -0.4 is 5.73 Å². The summed E-state index contributed by atoms with van der Waals surface area (Å²) >= 11 is 3.33. The number of hydrogen-bond acceptors (Lipinski definition) is 8. The van der Waals surface area contributed by atoms with Gasteiger partial charge in [0.25, 0.3) is 0 Å². The second kappa shape index (κ2) is 11.6. The molecule has 1 aliphatic rings. The summed E-state index contributed by atoms with van der Waals surface area (Å²) in [4.78, 5) is 15.9. The number of carbonyl (C=O) groups is 1. The number of hydrogen-bond donors (Lipinski definition) is 4. The number of aromatic hydroxyl groups is 2. The monoisotopic (exact) mass is 464 g/mol. The Morgan fingerprint density at radius 3 is 1.87 bits per heavy atom. The van der Waals surface area contributed by atoms with Gasteiger partial charge >= 0.3 is 0 Å². The molecule has 1 fully saturated rings. The number of rotatable bonds is 10. The third kappa shape index (κ3) is 7.62. The van der Waals surface area contributed by atoms with Gasteiger partial charge in [-0.05, 0) is 48.5 Å². The van der Waals surface area contributed by atoms with E-state index in [1.54, 1.807) is 47.8 Å². The van der Waals surface area contributed by atoms with Crippen LogP contribution in [-0.2, 0) is 9.53 Å². The molecule has 1 saturated heterocycles. The van der Waals surface area contributed by atoms with Crippen LogP contribution in [0.4, 0.5) is 0 Å². The van der Waals surface area contributed by atoms with Crippen LogP contribution in [0, 0.1) is 0 Å². The molecule has 0 saturated carbocycles. The van der Waals surface area contributed by atoms with Crippen LogP contribution in [-0.4, -0.2) is 69.2 Å². The number of thioether (sulfide) groups is 2. The van der Waals surface area contributed by atoms with Crippen molar-refractivity contribution in [2.75, 3.05) is 24.6 Å². The van der Waals surface area contributed by atoms with Crippen LogP contribution in [0.3, 0.4) is 0 Å². The van der Waals surface area contributed by atoms with Crippen molar-refractivity contribution in [2.45, 2.75) is 41.1 Å². The van der Waals surface area contributed by atoms with E-state index in [2.05, 4.69) is 4.90 Å². The predicted octanol–water partition coefficient (Wildman–Crippen LogP) is 2.64. The summed E-state index contributed by atoms with van der Waals surface area (Å²) < 4.78 is 5.92. The van der Waals surface area contributed by atoms with Gasteiger partial charge < -0.3 is 25.8 Å². The molecule has 2 aromatic carbocycles. The van der Waals surface area contributed by atoms with Crippen molar-refractivity contribution in [1.29, 1.82) is 0 Å². The van der Waals surface area contributed by atoms with Crippen molar-refractivity contribution in [2.24, 2.45) is 5.73 Å². The van der Waals surface area contributed by atoms with Crippen molar-refractivity contribution in [1.82, 2.24) is 4.90 Å². The molecule has 0 radical (unpaired) electrons. The molecule has 5 N–H and O–H groups in total. The SMILES string of the molecule is NC(=O)C1CC(O)CC(N(CCSc2ccc(O)cc2)CCSc2ccc(O)cc2)O1. The van der Waals surface area contributed by atoms with Gasteiger partial charge in [-0.25, -0.2) is 0 Å². The molecule has 9 heteroatoms. The Labute approximate surface area is 190 Å². The summed E-state index contributed by atoms with van der Waals surface area (Å²) in [7, 11) is 0. The Kier molecular flexibility index (Phi) is 8.91. The van der Waals surface area contributed by atoms with E-state index in [0.29, 0.717) is 19.5 Å². The highest BCUT2D eigenvalue weighted by Crippen LogP contribution is 2.26. The number of nitrogens with zero attached hydrogens (tertiary/aromatic N) is 1. The van der Waals surface area contributed by atoms with Crippen molar-refractivity contribution in [3.05, 3.63) is 48.5 Å². The zero-order chi connectivity index (χ0) is 22.2. The lowest BCUT2D eigenvalue weighted by Crippen LogP contribution is -2.51. The molecule has 2 aromatic rings. The van der Waals surface area contributed by atoms with Gasteiger partial charge in [0.1, 0.15) is 23.8 Å². The summed E-state index contributed by atoms with van der Waals surface area (Å²) in [5.74, 6) is 1.48. The Morgan fingerprint density at radius 2 is 1.42 bits per heavy atom. The fraction of sp³-hybridized carbons (Fsp3) is 0.409. The van der Waals surface area contributed by atoms with E-state index < -0.39 is 18.1 Å². The Balaban J connectivity index is 1.59. The van der Waals surface area contributed by atoms with Crippen LogP contribution in [0.15, 0.2) is 58.3 Å². The molecule has 1 amide bonds. The maximum absolute atomic E-state index is 11.6. The first-order valence-electron chi connectivity index (χ1n) is 10.1. The molecule has 31 heavy (non-hydrogen) atoms. The number of aliphatic hydroxyl groups excluding tert-OH is 1. The minimum Gasteiger partial charge on any atom is -0.508 e. The highest BCUT2D eigenvalue weighted by Gasteiger charge is 2.34. The van der Waals surface area contributed by atoms with Crippen LogP contribution in [0.5, 0.6) is 11.5 Å². The predicted molar refractivity (Wildman–Crippen MR) is 122 cm³/mol. The number of ether oxygens (including phenoxy) is 1. The maximum atomic E-state index is 11.6. The molecule has 3 atom stereocenters. The average Bonchev–Trinajstić information content (AvgIpc) is 2.75. The van der Waals surface area contributed by atoms with Crippen molar-refractivity contribution >= 4 is 29.4 Å². The second-order valence-corrected chi connectivity index (χ2v) is 9.66. The normalized spacial score (nSPS) is 21.3. The van der Waals surface area contributed by atoms with Gasteiger partial charge in [0.15, 0.2) is 0 Å². The number of amides is 1. The number of phenolic OH excluding ortho intramolecular Hbond substituents is 2. The molecule has 0 aromatic heterocycles. The zero-order valence-corrected chi connectivity index (χ0v) is 18.7. The van der Waals surface area contributed by atoms with E-state index >= 15 is 0 Å². The lowest BCUT2D eigenvalue weighted by Gasteiger charge is -2.38. The molecule has 0 aliphatic carbocycles. The molecular formula is C22H28N2O5S2. The fourth-order valence-corrected chi connectivity index (χ4v) is 5.12. The third-order valence-electron chi connectivity index (χ3n) is 4.97. The Hall–Kier alpha value is -1.91. The molecule has 3 rings (SSSR count). The molecule has 0 spiro atoms. The topological polar surface area (TPSA) is 116 Å². The van der Waals surface area contributed by atoms with Crippen LogP contribution in [0.2, 0.25) is 0 Å². The molecule has 1 aliphatic heterocycles. The van der Waals surface area contributed by atoms with Crippen LogP contribution in [0.25, 0.3) is 0 Å². The van der Waals surface area contributed by atoms with E-state index in [1.165, 1.54) is 0 Å². The highest BCUT2D eigenvalue weighted by atomic mass is 32.2. The van der Waals surface area contributed by atoms with Gasteiger partial charge in [0.2, 0.25) is 5.91 Å². The van der Waals surface area contributed by atoms with Gasteiger partial charge in [-0.1, -0.05) is 0 Å². The summed E-state index contributed by atoms with van der Waals surface area (Å²) in [6.07, 6.45) is -1.15. The zero-order valence-electron chi connectivity index (χ0n) is 17.1. The van der Waals surface area contributed by atoms with Gasteiger partial charge in [0.05, 0.1) is 6.10 Å². The van der Waals surface area contributed by atoms with E-state index in [4.69, 9.17) is 10.5 Å². The molecule has 7 nitrogen and oxygen atoms in total. The maximum Gasteiger partial charge on any atom is 0.246 e. The number of nitrogens with two attached hydrogens (primary N) is 1. The number of benzene rings is 2. The van der Waals surface area contributed by atoms with Gasteiger partial charge in [0, 0.05) is 47.2 Å². The Morgan fingerprint density at radius 1 is 0.935 bits per heavy atom. The molecular weight excluding hydrogens is 436 g/mol. The first-order valence-corrected chi connectivity index (χ1v) is 12.1. The van der Waals surface area contributed by atoms with E-state index in [1.807, 2.05) is 24.3 Å². The molecule has 168 valence electrons. The van der Waals surface area contributed by atoms with Crippen LogP contribution >= 0.6 is 23.5 Å². The average molecular weight is 465 g/mol. The largest absolute Gasteiger partial charge is 0.508 e. The van der Waals surface area contributed by atoms with Crippen molar-refractivity contribution in [3.8, 4) is 11.5 Å². The highest BCUT2D eigenvalue weighted by molar-refractivity contribution is 7.99. The first kappa shape index (κ1) is 23.7. The second-order valence-electron chi connectivity index (χ2n) is 7.33. The lowest BCUT2D eigenvalue weighted by atomic mass is 10.0. The standard InChI is InChI=1S/C22H28N2O5S2/c23-22(28)20-13-17(27)14-21(29-20)24(9-11-30-18-5-1-15(25)2-6-18)10-12-31-19-7-3-16(26)4-8-19/h1-8,17,20-21,25-27H,9-14H2,(H2,23,28). The first-order chi connectivity index (χ1) is 14.9. The quantitative estimate of drug-likeness (QED) is 0.397.